The first-order chi connectivity index (χ1) is 11.3. The van der Waals surface area contributed by atoms with Crippen molar-refractivity contribution >= 4 is 28.7 Å². The molecule has 0 aliphatic rings. The first-order valence-corrected chi connectivity index (χ1v) is 8.67. The van der Waals surface area contributed by atoms with Crippen LogP contribution in [0.1, 0.15) is 54.2 Å². The standard InChI is InChI=1S/C18H23N3O2S/c1-6-23-16(22)15-12(2)20-17(24-15)21-19-11-13-7-9-14(10-8-13)18(3,4)5/h7-11H,6H2,1-5H3,(H,20,21)/b19-11-. The third kappa shape index (κ3) is 4.64. The Labute approximate surface area is 146 Å². The summed E-state index contributed by atoms with van der Waals surface area (Å²) in [7, 11) is 0. The highest BCUT2D eigenvalue weighted by Crippen LogP contribution is 2.24. The number of esters is 1. The third-order valence-corrected chi connectivity index (χ3v) is 4.45. The van der Waals surface area contributed by atoms with E-state index in [0.717, 1.165) is 5.56 Å². The lowest BCUT2D eigenvalue weighted by Gasteiger charge is -2.18. The Balaban J connectivity index is 2.02. The van der Waals surface area contributed by atoms with Crippen LogP contribution in [0.5, 0.6) is 0 Å². The smallest absolute Gasteiger partial charge is 0.350 e. The van der Waals surface area contributed by atoms with Gasteiger partial charge in [-0.1, -0.05) is 56.4 Å². The van der Waals surface area contributed by atoms with E-state index >= 15 is 0 Å². The van der Waals surface area contributed by atoms with Gasteiger partial charge in [0.2, 0.25) is 5.13 Å². The zero-order valence-electron chi connectivity index (χ0n) is 14.7. The summed E-state index contributed by atoms with van der Waals surface area (Å²) in [5.41, 5.74) is 5.92. The number of aromatic nitrogens is 1. The zero-order chi connectivity index (χ0) is 17.7. The molecule has 1 N–H and O–H groups in total. The lowest BCUT2D eigenvalue weighted by molar-refractivity contribution is 0.0531. The SMILES string of the molecule is CCOC(=O)c1sc(N/N=C\c2ccc(C(C)(C)C)cc2)nc1C. The van der Waals surface area contributed by atoms with Gasteiger partial charge in [-0.2, -0.15) is 5.10 Å². The van der Waals surface area contributed by atoms with E-state index in [-0.39, 0.29) is 11.4 Å². The van der Waals surface area contributed by atoms with Crippen LogP contribution in [-0.2, 0) is 10.2 Å². The highest BCUT2D eigenvalue weighted by Gasteiger charge is 2.16. The summed E-state index contributed by atoms with van der Waals surface area (Å²) in [6.45, 7) is 10.5. The zero-order valence-corrected chi connectivity index (χ0v) is 15.5. The van der Waals surface area contributed by atoms with Gasteiger partial charge in [-0.05, 0) is 30.4 Å². The number of benzene rings is 1. The number of hydrogen-bond donors (Lipinski definition) is 1. The van der Waals surface area contributed by atoms with Crippen molar-refractivity contribution in [2.45, 2.75) is 40.0 Å². The maximum atomic E-state index is 11.8. The van der Waals surface area contributed by atoms with Crippen LogP contribution in [-0.4, -0.2) is 23.8 Å². The van der Waals surface area contributed by atoms with Crippen LogP contribution in [0.15, 0.2) is 29.4 Å². The van der Waals surface area contributed by atoms with Crippen molar-refractivity contribution in [1.82, 2.24) is 4.98 Å². The van der Waals surface area contributed by atoms with Gasteiger partial charge in [0.05, 0.1) is 18.5 Å². The highest BCUT2D eigenvalue weighted by molar-refractivity contribution is 7.17. The monoisotopic (exact) mass is 345 g/mol. The minimum Gasteiger partial charge on any atom is -0.462 e. The Morgan fingerprint density at radius 1 is 1.33 bits per heavy atom. The number of hydrogen-bond acceptors (Lipinski definition) is 6. The summed E-state index contributed by atoms with van der Waals surface area (Å²) >= 11 is 1.24. The topological polar surface area (TPSA) is 63.6 Å². The van der Waals surface area contributed by atoms with Crippen molar-refractivity contribution < 1.29 is 9.53 Å². The van der Waals surface area contributed by atoms with Gasteiger partial charge in [-0.3, -0.25) is 5.43 Å². The van der Waals surface area contributed by atoms with Crippen LogP contribution >= 0.6 is 11.3 Å². The molecule has 0 atom stereocenters. The van der Waals surface area contributed by atoms with Gasteiger partial charge in [0.15, 0.2) is 0 Å². The lowest BCUT2D eigenvalue weighted by atomic mass is 9.87. The summed E-state index contributed by atoms with van der Waals surface area (Å²) in [4.78, 5) is 16.6. The summed E-state index contributed by atoms with van der Waals surface area (Å²) < 4.78 is 5.00. The Bertz CT molecular complexity index is 728. The minimum absolute atomic E-state index is 0.135. The number of carbonyl (C=O) groups excluding carboxylic acids is 1. The fourth-order valence-corrected chi connectivity index (χ4v) is 2.87. The van der Waals surface area contributed by atoms with Gasteiger partial charge >= 0.3 is 5.97 Å². The van der Waals surface area contributed by atoms with Crippen molar-refractivity contribution in [3.63, 3.8) is 0 Å². The molecule has 1 heterocycles. The average Bonchev–Trinajstić information content (AvgIpc) is 2.88. The molecule has 0 aliphatic heterocycles. The van der Waals surface area contributed by atoms with E-state index in [0.29, 0.717) is 22.3 Å². The van der Waals surface area contributed by atoms with Crippen LogP contribution in [0.25, 0.3) is 0 Å². The van der Waals surface area contributed by atoms with Crippen molar-refractivity contribution in [1.29, 1.82) is 0 Å². The number of thiazole rings is 1. The molecule has 24 heavy (non-hydrogen) atoms. The second-order valence-corrected chi connectivity index (χ2v) is 7.40. The molecule has 0 fully saturated rings. The van der Waals surface area contributed by atoms with E-state index in [1.807, 2.05) is 12.1 Å². The summed E-state index contributed by atoms with van der Waals surface area (Å²) in [5, 5.41) is 4.75. The number of hydrazone groups is 1. The van der Waals surface area contributed by atoms with Crippen molar-refractivity contribution in [2.24, 2.45) is 5.10 Å². The van der Waals surface area contributed by atoms with Gasteiger partial charge in [-0.15, -0.1) is 0 Å². The number of rotatable bonds is 5. The van der Waals surface area contributed by atoms with Gasteiger partial charge in [0.1, 0.15) is 4.88 Å². The quantitative estimate of drug-likeness (QED) is 0.496. The Hall–Kier alpha value is -2.21. The predicted molar refractivity (Wildman–Crippen MR) is 99.2 cm³/mol. The Morgan fingerprint density at radius 2 is 2.00 bits per heavy atom. The molecule has 1 aromatic heterocycles. The predicted octanol–water partition coefficient (Wildman–Crippen LogP) is 4.37. The first-order valence-electron chi connectivity index (χ1n) is 7.85. The molecule has 0 radical (unpaired) electrons. The largest absolute Gasteiger partial charge is 0.462 e. The molecule has 0 aliphatic carbocycles. The van der Waals surface area contributed by atoms with Crippen molar-refractivity contribution in [3.8, 4) is 0 Å². The van der Waals surface area contributed by atoms with Gasteiger partial charge in [0.25, 0.3) is 0 Å². The van der Waals surface area contributed by atoms with E-state index in [1.54, 1.807) is 20.1 Å². The van der Waals surface area contributed by atoms with Crippen LogP contribution < -0.4 is 5.43 Å². The molecule has 128 valence electrons. The maximum Gasteiger partial charge on any atom is 0.350 e. The average molecular weight is 345 g/mol. The fraction of sp³-hybridized carbons (Fsp3) is 0.389. The van der Waals surface area contributed by atoms with Crippen LogP contribution in [0, 0.1) is 6.92 Å². The van der Waals surface area contributed by atoms with E-state index < -0.39 is 0 Å². The second kappa shape index (κ2) is 7.57. The van der Waals surface area contributed by atoms with E-state index in [2.05, 4.69) is 48.4 Å². The number of nitrogens with zero attached hydrogens (tertiary/aromatic N) is 2. The van der Waals surface area contributed by atoms with E-state index in [1.165, 1.54) is 16.9 Å². The number of carbonyl (C=O) groups is 1. The molecule has 2 aromatic rings. The summed E-state index contributed by atoms with van der Waals surface area (Å²) in [6, 6.07) is 8.27. The first kappa shape index (κ1) is 18.1. The molecule has 1 aromatic carbocycles. The van der Waals surface area contributed by atoms with Crippen LogP contribution in [0.2, 0.25) is 0 Å². The molecule has 0 spiro atoms. The van der Waals surface area contributed by atoms with Crippen LogP contribution in [0.4, 0.5) is 5.13 Å². The number of aryl methyl sites for hydroxylation is 1. The molecule has 0 saturated heterocycles. The molecule has 0 saturated carbocycles. The minimum atomic E-state index is -0.345. The lowest BCUT2D eigenvalue weighted by Crippen LogP contribution is -2.10. The molecular formula is C18H23N3O2S. The fourth-order valence-electron chi connectivity index (χ4n) is 2.06. The number of nitrogens with one attached hydrogen (secondary N) is 1. The Morgan fingerprint density at radius 3 is 2.58 bits per heavy atom. The maximum absolute atomic E-state index is 11.8. The normalized spacial score (nSPS) is 11.7. The molecule has 0 bridgehead atoms. The molecule has 0 unspecified atom stereocenters. The second-order valence-electron chi connectivity index (χ2n) is 6.40. The molecule has 0 amide bonds. The van der Waals surface area contributed by atoms with Crippen molar-refractivity contribution in [2.75, 3.05) is 12.0 Å². The highest BCUT2D eigenvalue weighted by atomic mass is 32.1. The molecule has 5 nitrogen and oxygen atoms in total. The van der Waals surface area contributed by atoms with E-state index in [9.17, 15) is 4.79 Å². The van der Waals surface area contributed by atoms with Crippen molar-refractivity contribution in [3.05, 3.63) is 46.0 Å². The summed E-state index contributed by atoms with van der Waals surface area (Å²) in [5.74, 6) is -0.345. The van der Waals surface area contributed by atoms with E-state index in [4.69, 9.17) is 4.74 Å². The number of anilines is 1. The number of ether oxygens (including phenoxy) is 1. The molecule has 2 rings (SSSR count). The third-order valence-electron chi connectivity index (χ3n) is 3.41. The molecular weight excluding hydrogens is 322 g/mol. The molecule has 6 heteroatoms. The Kier molecular flexibility index (Phi) is 5.72. The van der Waals surface area contributed by atoms with Gasteiger partial charge < -0.3 is 4.74 Å². The van der Waals surface area contributed by atoms with Gasteiger partial charge in [0, 0.05) is 0 Å². The van der Waals surface area contributed by atoms with Crippen LogP contribution in [0.3, 0.4) is 0 Å². The van der Waals surface area contributed by atoms with Gasteiger partial charge in [-0.25, -0.2) is 9.78 Å². The summed E-state index contributed by atoms with van der Waals surface area (Å²) in [6.07, 6.45) is 1.73.